The minimum Gasteiger partial charge on any atom is -0.497 e. The Labute approximate surface area is 156 Å². The van der Waals surface area contributed by atoms with Crippen molar-refractivity contribution in [2.75, 3.05) is 7.11 Å². The number of methoxy groups -OCH3 is 1. The molecular formula is C19H21N3O3S. The molecule has 1 aromatic carbocycles. The first-order valence-electron chi connectivity index (χ1n) is 8.44. The summed E-state index contributed by atoms with van der Waals surface area (Å²) >= 11 is 1.40. The fourth-order valence-electron chi connectivity index (χ4n) is 2.54. The predicted octanol–water partition coefficient (Wildman–Crippen LogP) is 4.32. The van der Waals surface area contributed by atoms with E-state index in [9.17, 15) is 4.79 Å². The second kappa shape index (κ2) is 8.14. The molecule has 26 heavy (non-hydrogen) atoms. The summed E-state index contributed by atoms with van der Waals surface area (Å²) in [6, 6.07) is 10.8. The van der Waals surface area contributed by atoms with Crippen molar-refractivity contribution in [1.82, 2.24) is 15.5 Å². The molecule has 0 saturated carbocycles. The zero-order valence-electron chi connectivity index (χ0n) is 14.9. The van der Waals surface area contributed by atoms with Gasteiger partial charge in [0.1, 0.15) is 11.8 Å². The van der Waals surface area contributed by atoms with Gasteiger partial charge in [0, 0.05) is 5.56 Å². The molecule has 0 aliphatic carbocycles. The van der Waals surface area contributed by atoms with E-state index < -0.39 is 0 Å². The summed E-state index contributed by atoms with van der Waals surface area (Å²) in [5.41, 5.74) is 0.798. The Morgan fingerprint density at radius 1 is 1.35 bits per heavy atom. The number of rotatable bonds is 7. The normalized spacial score (nSPS) is 13.2. The topological polar surface area (TPSA) is 77.2 Å². The molecule has 1 amide bonds. The monoisotopic (exact) mass is 371 g/mol. The van der Waals surface area contributed by atoms with E-state index in [4.69, 9.17) is 9.26 Å². The van der Waals surface area contributed by atoms with Gasteiger partial charge in [-0.25, -0.2) is 0 Å². The number of carbonyl (C=O) groups excluding carboxylic acids is 1. The smallest absolute Gasteiger partial charge is 0.262 e. The van der Waals surface area contributed by atoms with Crippen LogP contribution in [0.3, 0.4) is 0 Å². The molecule has 3 rings (SSSR count). The maximum atomic E-state index is 12.5. The van der Waals surface area contributed by atoms with E-state index in [1.165, 1.54) is 11.3 Å². The number of hydrogen-bond donors (Lipinski definition) is 1. The van der Waals surface area contributed by atoms with E-state index in [1.54, 1.807) is 13.2 Å². The Hall–Kier alpha value is -2.67. The highest BCUT2D eigenvalue weighted by atomic mass is 32.1. The van der Waals surface area contributed by atoms with E-state index in [0.29, 0.717) is 16.6 Å². The van der Waals surface area contributed by atoms with Crippen LogP contribution in [0.2, 0.25) is 0 Å². The molecule has 0 saturated heterocycles. The molecule has 2 atom stereocenters. The summed E-state index contributed by atoms with van der Waals surface area (Å²) in [6.45, 7) is 4.11. The number of thiophene rings is 1. The summed E-state index contributed by atoms with van der Waals surface area (Å²) in [5, 5.41) is 8.98. The van der Waals surface area contributed by atoms with Crippen LogP contribution in [-0.4, -0.2) is 23.2 Å². The van der Waals surface area contributed by atoms with Crippen LogP contribution in [0.25, 0.3) is 11.4 Å². The molecule has 0 fully saturated rings. The van der Waals surface area contributed by atoms with Crippen LogP contribution < -0.4 is 10.1 Å². The molecule has 0 aliphatic heterocycles. The van der Waals surface area contributed by atoms with Gasteiger partial charge in [-0.1, -0.05) is 43.6 Å². The minimum atomic E-state index is -0.346. The van der Waals surface area contributed by atoms with Gasteiger partial charge in [-0.05, 0) is 29.5 Å². The van der Waals surface area contributed by atoms with Crippen molar-refractivity contribution < 1.29 is 14.1 Å². The van der Waals surface area contributed by atoms with Gasteiger partial charge in [0.2, 0.25) is 11.7 Å². The Morgan fingerprint density at radius 2 is 2.19 bits per heavy atom. The minimum absolute atomic E-state index is 0.133. The average Bonchev–Trinajstić information content (AvgIpc) is 3.37. The number of aromatic nitrogens is 2. The second-order valence-corrected chi connectivity index (χ2v) is 6.95. The van der Waals surface area contributed by atoms with Crippen LogP contribution in [0.1, 0.15) is 41.9 Å². The molecule has 136 valence electrons. The van der Waals surface area contributed by atoms with Gasteiger partial charge in [0.15, 0.2) is 0 Å². The van der Waals surface area contributed by atoms with Gasteiger partial charge in [-0.2, -0.15) is 4.98 Å². The summed E-state index contributed by atoms with van der Waals surface area (Å²) in [7, 11) is 1.61. The molecule has 0 bridgehead atoms. The summed E-state index contributed by atoms with van der Waals surface area (Å²) in [6.07, 6.45) is 0.867. The van der Waals surface area contributed by atoms with Crippen LogP contribution in [0.5, 0.6) is 5.75 Å². The number of carbonyl (C=O) groups is 1. The Morgan fingerprint density at radius 3 is 2.88 bits per heavy atom. The fraction of sp³-hybridized carbons (Fsp3) is 0.316. The van der Waals surface area contributed by atoms with Gasteiger partial charge in [0.25, 0.3) is 5.91 Å². The lowest BCUT2D eigenvalue weighted by Gasteiger charge is -2.20. The van der Waals surface area contributed by atoms with E-state index in [-0.39, 0.29) is 17.9 Å². The Kier molecular flexibility index (Phi) is 5.68. The van der Waals surface area contributed by atoms with Gasteiger partial charge in [0.05, 0.1) is 12.0 Å². The zero-order chi connectivity index (χ0) is 18.5. The lowest BCUT2D eigenvalue weighted by atomic mass is 9.99. The van der Waals surface area contributed by atoms with Crippen molar-refractivity contribution in [3.05, 3.63) is 52.5 Å². The first kappa shape index (κ1) is 18.1. The molecule has 0 spiro atoms. The molecule has 2 aromatic heterocycles. The Balaban J connectivity index is 1.85. The quantitative estimate of drug-likeness (QED) is 0.669. The summed E-state index contributed by atoms with van der Waals surface area (Å²) < 4.78 is 10.7. The van der Waals surface area contributed by atoms with Crippen LogP contribution in [0, 0.1) is 5.92 Å². The number of nitrogens with zero attached hydrogens (tertiary/aromatic N) is 2. The van der Waals surface area contributed by atoms with Crippen molar-refractivity contribution in [3.8, 4) is 17.1 Å². The second-order valence-electron chi connectivity index (χ2n) is 6.00. The van der Waals surface area contributed by atoms with Crippen LogP contribution in [0.15, 0.2) is 46.3 Å². The van der Waals surface area contributed by atoms with Crippen molar-refractivity contribution in [2.24, 2.45) is 5.92 Å². The van der Waals surface area contributed by atoms with Crippen LogP contribution in [0.4, 0.5) is 0 Å². The van der Waals surface area contributed by atoms with Crippen molar-refractivity contribution in [1.29, 1.82) is 0 Å². The molecular weight excluding hydrogens is 350 g/mol. The maximum Gasteiger partial charge on any atom is 0.262 e. The maximum absolute atomic E-state index is 12.5. The number of hydrogen-bond acceptors (Lipinski definition) is 6. The van der Waals surface area contributed by atoms with Gasteiger partial charge in [-0.3, -0.25) is 4.79 Å². The molecule has 0 unspecified atom stereocenters. The van der Waals surface area contributed by atoms with Gasteiger partial charge < -0.3 is 14.6 Å². The van der Waals surface area contributed by atoms with Crippen molar-refractivity contribution in [2.45, 2.75) is 26.3 Å². The number of nitrogens with one attached hydrogen (secondary N) is 1. The summed E-state index contributed by atoms with van der Waals surface area (Å²) in [5.74, 6) is 1.61. The third-order valence-corrected chi connectivity index (χ3v) is 5.15. The molecule has 6 nitrogen and oxygen atoms in total. The molecule has 1 N–H and O–H groups in total. The van der Waals surface area contributed by atoms with Crippen LogP contribution in [-0.2, 0) is 0 Å². The first-order valence-corrected chi connectivity index (χ1v) is 9.32. The molecule has 3 aromatic rings. The lowest BCUT2D eigenvalue weighted by molar-refractivity contribution is 0.0914. The van der Waals surface area contributed by atoms with E-state index >= 15 is 0 Å². The average molecular weight is 371 g/mol. The van der Waals surface area contributed by atoms with Gasteiger partial charge >= 0.3 is 0 Å². The highest BCUT2D eigenvalue weighted by Crippen LogP contribution is 2.27. The number of benzene rings is 1. The molecule has 0 aliphatic rings. The van der Waals surface area contributed by atoms with Crippen molar-refractivity contribution in [3.63, 3.8) is 0 Å². The molecule has 0 radical (unpaired) electrons. The zero-order valence-corrected chi connectivity index (χ0v) is 15.7. The standard InChI is InChI=1S/C19H21N3O3S/c1-4-12(2)16(20-18(23)15-9-6-10-26-15)19-21-17(22-25-19)13-7-5-8-14(11-13)24-3/h5-12,16H,4H2,1-3H3,(H,20,23)/t12-,16-/m1/s1. The SMILES string of the molecule is CC[C@@H](C)[C@@H](NC(=O)c1cccs1)c1nc(-c2cccc(OC)c2)no1. The fourth-order valence-corrected chi connectivity index (χ4v) is 3.17. The predicted molar refractivity (Wildman–Crippen MR) is 100 cm³/mol. The molecule has 2 heterocycles. The highest BCUT2D eigenvalue weighted by Gasteiger charge is 2.27. The number of ether oxygens (including phenoxy) is 1. The van der Waals surface area contributed by atoms with Gasteiger partial charge in [-0.15, -0.1) is 11.3 Å². The lowest BCUT2D eigenvalue weighted by Crippen LogP contribution is -2.32. The largest absolute Gasteiger partial charge is 0.497 e. The third-order valence-electron chi connectivity index (χ3n) is 4.28. The first-order chi connectivity index (χ1) is 12.6. The Bertz CT molecular complexity index is 861. The van der Waals surface area contributed by atoms with Crippen molar-refractivity contribution >= 4 is 17.2 Å². The van der Waals surface area contributed by atoms with Crippen LogP contribution >= 0.6 is 11.3 Å². The van der Waals surface area contributed by atoms with E-state index in [0.717, 1.165) is 17.7 Å². The third kappa shape index (κ3) is 3.94. The highest BCUT2D eigenvalue weighted by molar-refractivity contribution is 7.12. The number of amides is 1. The van der Waals surface area contributed by atoms with E-state index in [2.05, 4.69) is 29.3 Å². The summed E-state index contributed by atoms with van der Waals surface area (Å²) in [4.78, 5) is 17.6. The molecule has 7 heteroatoms. The van der Waals surface area contributed by atoms with E-state index in [1.807, 2.05) is 35.7 Å².